The third kappa shape index (κ3) is 4.92. The second kappa shape index (κ2) is 8.49. The number of benzene rings is 2. The fourth-order valence-electron chi connectivity index (χ4n) is 2.87. The van der Waals surface area contributed by atoms with Crippen LogP contribution in [0.1, 0.15) is 45.1 Å². The minimum absolute atomic E-state index is 0.278. The van der Waals surface area contributed by atoms with Crippen molar-refractivity contribution in [2.45, 2.75) is 39.2 Å². The van der Waals surface area contributed by atoms with E-state index >= 15 is 0 Å². The number of nitrogens with one attached hydrogen (secondary N) is 1. The van der Waals surface area contributed by atoms with Gasteiger partial charge in [-0.05, 0) is 24.3 Å². The highest BCUT2D eigenvalue weighted by molar-refractivity contribution is 5.95. The molecule has 1 atom stereocenters. The number of amides is 1. The number of halogens is 1. The number of carbonyl (C=O) groups is 2. The molecule has 0 saturated heterocycles. The average molecular weight is 409 g/mol. The topological polar surface area (TPSA) is 73.2 Å². The van der Waals surface area contributed by atoms with Crippen molar-refractivity contribution >= 4 is 17.7 Å². The number of hydrogen-bond donors (Lipinski definition) is 1. The molecule has 3 aromatic rings. The van der Waals surface area contributed by atoms with Crippen molar-refractivity contribution in [2.75, 3.05) is 5.32 Å². The van der Waals surface area contributed by atoms with Gasteiger partial charge in [0.05, 0.1) is 11.4 Å². The maximum atomic E-state index is 13.4. The SMILES string of the molecule is CC(=O)OC(C(=O)Nc1cc(C(C)(C)C)nn1-c1ccc(F)cc1)c1ccccc1. The van der Waals surface area contributed by atoms with Gasteiger partial charge in [0.25, 0.3) is 5.91 Å². The summed E-state index contributed by atoms with van der Waals surface area (Å²) in [6.07, 6.45) is -1.11. The predicted molar refractivity (Wildman–Crippen MR) is 112 cm³/mol. The minimum Gasteiger partial charge on any atom is -0.447 e. The molecule has 1 N–H and O–H groups in total. The molecule has 0 fully saturated rings. The fourth-order valence-corrected chi connectivity index (χ4v) is 2.87. The number of ether oxygens (including phenoxy) is 1. The molecule has 1 heterocycles. The Bertz CT molecular complexity index is 1040. The minimum atomic E-state index is -1.11. The molecule has 0 radical (unpaired) electrons. The van der Waals surface area contributed by atoms with E-state index in [-0.39, 0.29) is 11.2 Å². The monoisotopic (exact) mass is 409 g/mol. The first kappa shape index (κ1) is 21.2. The molecule has 3 rings (SSSR count). The summed E-state index contributed by atoms with van der Waals surface area (Å²) in [5, 5.41) is 7.41. The number of aromatic nitrogens is 2. The van der Waals surface area contributed by atoms with E-state index in [9.17, 15) is 14.0 Å². The van der Waals surface area contributed by atoms with Crippen molar-refractivity contribution in [3.05, 3.63) is 77.7 Å². The van der Waals surface area contributed by atoms with Gasteiger partial charge in [-0.25, -0.2) is 9.07 Å². The smallest absolute Gasteiger partial charge is 0.303 e. The highest BCUT2D eigenvalue weighted by Crippen LogP contribution is 2.28. The van der Waals surface area contributed by atoms with Crippen molar-refractivity contribution in [3.63, 3.8) is 0 Å². The molecule has 1 unspecified atom stereocenters. The molecule has 6 nitrogen and oxygen atoms in total. The van der Waals surface area contributed by atoms with Gasteiger partial charge in [0.2, 0.25) is 6.10 Å². The van der Waals surface area contributed by atoms with Crippen LogP contribution < -0.4 is 5.32 Å². The summed E-state index contributed by atoms with van der Waals surface area (Å²) in [6.45, 7) is 7.26. The van der Waals surface area contributed by atoms with Crippen LogP contribution in [-0.4, -0.2) is 21.7 Å². The van der Waals surface area contributed by atoms with Crippen LogP contribution in [0.3, 0.4) is 0 Å². The first-order valence-electron chi connectivity index (χ1n) is 9.54. The molecule has 7 heteroatoms. The predicted octanol–water partition coefficient (Wildman–Crippen LogP) is 4.55. The van der Waals surface area contributed by atoms with Crippen LogP contribution in [0.5, 0.6) is 0 Å². The molecule has 2 aromatic carbocycles. The molecule has 156 valence electrons. The van der Waals surface area contributed by atoms with Gasteiger partial charge in [-0.3, -0.25) is 9.59 Å². The Kier molecular flexibility index (Phi) is 6.01. The maximum Gasteiger partial charge on any atom is 0.303 e. The van der Waals surface area contributed by atoms with E-state index in [1.165, 1.54) is 23.7 Å². The van der Waals surface area contributed by atoms with Crippen LogP contribution >= 0.6 is 0 Å². The number of hydrogen-bond acceptors (Lipinski definition) is 4. The van der Waals surface area contributed by atoms with Gasteiger partial charge in [-0.1, -0.05) is 51.1 Å². The largest absolute Gasteiger partial charge is 0.447 e. The molecule has 0 spiro atoms. The Morgan fingerprint density at radius 1 is 1.07 bits per heavy atom. The number of anilines is 1. The summed E-state index contributed by atoms with van der Waals surface area (Å²) in [5.41, 5.74) is 1.60. The summed E-state index contributed by atoms with van der Waals surface area (Å²) >= 11 is 0. The van der Waals surface area contributed by atoms with E-state index in [0.717, 1.165) is 5.69 Å². The standard InChI is InChI=1S/C23H24FN3O3/c1-15(28)30-21(16-8-6-5-7-9-16)22(29)25-20-14-19(23(2,3)4)26-27(20)18-12-10-17(24)11-13-18/h5-14,21H,1-4H3,(H,25,29). The Hall–Kier alpha value is -3.48. The maximum absolute atomic E-state index is 13.4. The Morgan fingerprint density at radius 3 is 2.27 bits per heavy atom. The van der Waals surface area contributed by atoms with Gasteiger partial charge in [-0.2, -0.15) is 5.10 Å². The summed E-state index contributed by atoms with van der Waals surface area (Å²) in [4.78, 5) is 24.6. The highest BCUT2D eigenvalue weighted by Gasteiger charge is 2.27. The molecular formula is C23H24FN3O3. The zero-order valence-electron chi connectivity index (χ0n) is 17.3. The summed E-state index contributed by atoms with van der Waals surface area (Å²) < 4.78 is 20.2. The Balaban J connectivity index is 1.99. The van der Waals surface area contributed by atoms with Gasteiger partial charge in [0, 0.05) is 24.0 Å². The zero-order valence-corrected chi connectivity index (χ0v) is 17.3. The number of esters is 1. The van der Waals surface area contributed by atoms with Crippen molar-refractivity contribution in [1.29, 1.82) is 0 Å². The Labute approximate surface area is 174 Å². The summed E-state index contributed by atoms with van der Waals surface area (Å²) in [6, 6.07) is 16.3. The lowest BCUT2D eigenvalue weighted by atomic mass is 9.92. The quantitative estimate of drug-likeness (QED) is 0.628. The first-order chi connectivity index (χ1) is 14.1. The van der Waals surface area contributed by atoms with Gasteiger partial charge in [-0.15, -0.1) is 0 Å². The molecule has 1 aromatic heterocycles. The van der Waals surface area contributed by atoms with Crippen LogP contribution in [0, 0.1) is 5.82 Å². The van der Waals surface area contributed by atoms with Gasteiger partial charge in [0.15, 0.2) is 0 Å². The van der Waals surface area contributed by atoms with Crippen LogP contribution in [0.25, 0.3) is 5.69 Å². The van der Waals surface area contributed by atoms with E-state index < -0.39 is 18.0 Å². The van der Waals surface area contributed by atoms with Crippen LogP contribution in [0.15, 0.2) is 60.7 Å². The lowest BCUT2D eigenvalue weighted by molar-refractivity contribution is -0.152. The number of nitrogens with zero attached hydrogens (tertiary/aromatic N) is 2. The molecule has 0 aliphatic carbocycles. The van der Waals surface area contributed by atoms with Crippen LogP contribution in [0.4, 0.5) is 10.2 Å². The van der Waals surface area contributed by atoms with Crippen molar-refractivity contribution in [1.82, 2.24) is 9.78 Å². The van der Waals surface area contributed by atoms with E-state index in [1.54, 1.807) is 42.5 Å². The fraction of sp³-hybridized carbons (Fsp3) is 0.261. The van der Waals surface area contributed by atoms with Crippen LogP contribution in [-0.2, 0) is 19.7 Å². The van der Waals surface area contributed by atoms with E-state index in [1.807, 2.05) is 26.8 Å². The Morgan fingerprint density at radius 2 is 1.70 bits per heavy atom. The zero-order chi connectivity index (χ0) is 21.9. The second-order valence-corrected chi connectivity index (χ2v) is 7.94. The molecule has 0 saturated carbocycles. The first-order valence-corrected chi connectivity index (χ1v) is 9.54. The summed E-state index contributed by atoms with van der Waals surface area (Å²) in [7, 11) is 0. The molecule has 30 heavy (non-hydrogen) atoms. The number of carbonyl (C=O) groups excluding carboxylic acids is 2. The van der Waals surface area contributed by atoms with Crippen molar-refractivity contribution in [3.8, 4) is 5.69 Å². The van der Waals surface area contributed by atoms with Gasteiger partial charge in [0.1, 0.15) is 11.6 Å². The van der Waals surface area contributed by atoms with Gasteiger partial charge < -0.3 is 10.1 Å². The van der Waals surface area contributed by atoms with Crippen LogP contribution in [0.2, 0.25) is 0 Å². The van der Waals surface area contributed by atoms with Gasteiger partial charge >= 0.3 is 5.97 Å². The molecule has 0 bridgehead atoms. The molecule has 0 aliphatic rings. The van der Waals surface area contributed by atoms with E-state index in [4.69, 9.17) is 4.74 Å². The summed E-state index contributed by atoms with van der Waals surface area (Å²) in [5.74, 6) is -1.06. The normalized spacial score (nSPS) is 12.3. The highest BCUT2D eigenvalue weighted by atomic mass is 19.1. The average Bonchev–Trinajstić information content (AvgIpc) is 3.11. The van der Waals surface area contributed by atoms with Crippen molar-refractivity contribution in [2.24, 2.45) is 0 Å². The lowest BCUT2D eigenvalue weighted by Crippen LogP contribution is -2.26. The third-order valence-electron chi connectivity index (χ3n) is 4.42. The molecule has 0 aliphatic heterocycles. The van der Waals surface area contributed by atoms with Crippen molar-refractivity contribution < 1.29 is 18.7 Å². The molecular weight excluding hydrogens is 385 g/mol. The molecule has 1 amide bonds. The van der Waals surface area contributed by atoms with E-state index in [0.29, 0.717) is 17.1 Å². The third-order valence-corrected chi connectivity index (χ3v) is 4.42. The van der Waals surface area contributed by atoms with E-state index in [2.05, 4.69) is 10.4 Å². The number of rotatable bonds is 5. The lowest BCUT2D eigenvalue weighted by Gasteiger charge is -2.17. The second-order valence-electron chi connectivity index (χ2n) is 7.94.